The van der Waals surface area contributed by atoms with E-state index in [-0.39, 0.29) is 0 Å². The zero-order valence-corrected chi connectivity index (χ0v) is 9.29. The topological polar surface area (TPSA) is 49.3 Å². The quantitative estimate of drug-likeness (QED) is 0.674. The molecule has 1 aliphatic rings. The highest BCUT2D eigenvalue weighted by molar-refractivity contribution is 5.79. The van der Waals surface area contributed by atoms with E-state index in [1.54, 1.807) is 6.08 Å². The number of nitrogens with one attached hydrogen (secondary N) is 1. The van der Waals surface area contributed by atoms with Crippen LogP contribution >= 0.6 is 0 Å². The summed E-state index contributed by atoms with van der Waals surface area (Å²) >= 11 is 0. The maximum absolute atomic E-state index is 10.2. The average molecular weight is 197 g/mol. The zero-order chi connectivity index (χ0) is 11.0. The van der Waals surface area contributed by atoms with E-state index in [0.717, 1.165) is 0 Å². The van der Waals surface area contributed by atoms with Gasteiger partial charge in [-0.2, -0.15) is 0 Å². The fourth-order valence-corrected chi connectivity index (χ4v) is 2.05. The molecule has 0 atom stereocenters. The number of hydrogen-bond donors (Lipinski definition) is 2. The Morgan fingerprint density at radius 2 is 1.86 bits per heavy atom. The molecule has 1 rings (SSSR count). The summed E-state index contributed by atoms with van der Waals surface area (Å²) in [4.78, 5) is 10.2. The summed E-state index contributed by atoms with van der Waals surface area (Å²) < 4.78 is 0. The van der Waals surface area contributed by atoms with Gasteiger partial charge in [-0.15, -0.1) is 0 Å². The van der Waals surface area contributed by atoms with Crippen molar-refractivity contribution in [1.29, 1.82) is 0 Å². The van der Waals surface area contributed by atoms with E-state index in [9.17, 15) is 4.79 Å². The molecule has 0 aliphatic heterocycles. The van der Waals surface area contributed by atoms with Crippen LogP contribution in [0.1, 0.15) is 27.7 Å². The third kappa shape index (κ3) is 1.82. The molecule has 0 unspecified atom stereocenters. The molecule has 0 aromatic carbocycles. The number of carboxylic acids is 1. The van der Waals surface area contributed by atoms with Crippen molar-refractivity contribution in [2.24, 2.45) is 10.8 Å². The molecule has 3 heteroatoms. The normalized spacial score (nSPS) is 24.0. The highest BCUT2D eigenvalue weighted by Crippen LogP contribution is 2.62. The molecular formula is C11H19NO2. The standard InChI is InChI=1S/C11H19NO2/c1-10(2)9(11(10,3)4)12-7-5-6-8(13)14/h5-6,9,12H,7H2,1-4H3,(H,13,14)/b6-5+. The minimum absolute atomic E-state index is 0.310. The van der Waals surface area contributed by atoms with Gasteiger partial charge in [0.25, 0.3) is 0 Å². The van der Waals surface area contributed by atoms with E-state index in [1.165, 1.54) is 6.08 Å². The maximum atomic E-state index is 10.2. The smallest absolute Gasteiger partial charge is 0.328 e. The van der Waals surface area contributed by atoms with Gasteiger partial charge in [0.15, 0.2) is 0 Å². The maximum Gasteiger partial charge on any atom is 0.328 e. The third-order valence-corrected chi connectivity index (χ3v) is 3.72. The molecule has 1 aliphatic carbocycles. The van der Waals surface area contributed by atoms with Crippen LogP contribution < -0.4 is 5.32 Å². The molecule has 0 radical (unpaired) electrons. The Labute approximate surface area is 85.2 Å². The minimum Gasteiger partial charge on any atom is -0.478 e. The van der Waals surface area contributed by atoms with Crippen molar-refractivity contribution in [2.75, 3.05) is 6.54 Å². The second-order valence-electron chi connectivity index (χ2n) is 5.03. The van der Waals surface area contributed by atoms with Gasteiger partial charge in [0.05, 0.1) is 0 Å². The molecule has 2 N–H and O–H groups in total. The predicted molar refractivity (Wildman–Crippen MR) is 56.1 cm³/mol. The van der Waals surface area contributed by atoms with Crippen LogP contribution in [0.3, 0.4) is 0 Å². The van der Waals surface area contributed by atoms with Gasteiger partial charge in [-0.25, -0.2) is 4.79 Å². The van der Waals surface area contributed by atoms with E-state index >= 15 is 0 Å². The third-order valence-electron chi connectivity index (χ3n) is 3.72. The van der Waals surface area contributed by atoms with Crippen LogP contribution in [0.4, 0.5) is 0 Å². The SMILES string of the molecule is CC1(C)C(NC/C=C/C(=O)O)C1(C)C. The second kappa shape index (κ2) is 3.39. The molecule has 0 amide bonds. The average Bonchev–Trinajstić information content (AvgIpc) is 2.38. The van der Waals surface area contributed by atoms with Crippen molar-refractivity contribution in [2.45, 2.75) is 33.7 Å². The lowest BCUT2D eigenvalue weighted by atomic mass is 10.0. The van der Waals surface area contributed by atoms with Gasteiger partial charge >= 0.3 is 5.97 Å². The largest absolute Gasteiger partial charge is 0.478 e. The van der Waals surface area contributed by atoms with Gasteiger partial charge in [-0.05, 0) is 10.8 Å². The van der Waals surface area contributed by atoms with Crippen molar-refractivity contribution in [1.82, 2.24) is 5.32 Å². The Hall–Kier alpha value is -0.830. The predicted octanol–water partition coefficient (Wildman–Crippen LogP) is 1.65. The molecule has 0 aromatic heterocycles. The fraction of sp³-hybridized carbons (Fsp3) is 0.727. The summed E-state index contributed by atoms with van der Waals surface area (Å²) in [6.07, 6.45) is 2.82. The first-order valence-electron chi connectivity index (χ1n) is 4.93. The van der Waals surface area contributed by atoms with Gasteiger partial charge in [-0.3, -0.25) is 0 Å². The molecule has 80 valence electrons. The molecule has 3 nitrogen and oxygen atoms in total. The lowest BCUT2D eigenvalue weighted by molar-refractivity contribution is -0.131. The lowest BCUT2D eigenvalue weighted by Crippen LogP contribution is -2.22. The van der Waals surface area contributed by atoms with Crippen LogP contribution in [0.15, 0.2) is 12.2 Å². The minimum atomic E-state index is -0.888. The van der Waals surface area contributed by atoms with Crippen LogP contribution in [-0.4, -0.2) is 23.7 Å². The van der Waals surface area contributed by atoms with Crippen molar-refractivity contribution < 1.29 is 9.90 Å². The second-order valence-corrected chi connectivity index (χ2v) is 5.03. The fourth-order valence-electron chi connectivity index (χ4n) is 2.05. The summed E-state index contributed by atoms with van der Waals surface area (Å²) in [7, 11) is 0. The highest BCUT2D eigenvalue weighted by atomic mass is 16.4. The molecule has 0 aromatic rings. The summed E-state index contributed by atoms with van der Waals surface area (Å²) in [6, 6.07) is 0.480. The van der Waals surface area contributed by atoms with Crippen LogP contribution in [-0.2, 0) is 4.79 Å². The summed E-state index contributed by atoms with van der Waals surface area (Å²) in [6.45, 7) is 9.54. The highest BCUT2D eigenvalue weighted by Gasteiger charge is 2.64. The van der Waals surface area contributed by atoms with Gasteiger partial charge in [0.1, 0.15) is 0 Å². The monoisotopic (exact) mass is 197 g/mol. The molecule has 14 heavy (non-hydrogen) atoms. The summed E-state index contributed by atoms with van der Waals surface area (Å²) in [5, 5.41) is 11.7. The van der Waals surface area contributed by atoms with Crippen molar-refractivity contribution in [3.05, 3.63) is 12.2 Å². The number of aliphatic carboxylic acids is 1. The molecule has 0 heterocycles. The van der Waals surface area contributed by atoms with E-state index in [0.29, 0.717) is 23.4 Å². The molecule has 0 bridgehead atoms. The van der Waals surface area contributed by atoms with E-state index in [1.807, 2.05) is 0 Å². The lowest BCUT2D eigenvalue weighted by Gasteiger charge is -2.03. The zero-order valence-electron chi connectivity index (χ0n) is 9.29. The van der Waals surface area contributed by atoms with Crippen LogP contribution in [0.5, 0.6) is 0 Å². The first-order valence-corrected chi connectivity index (χ1v) is 4.93. The number of carboxylic acid groups (broad SMARTS) is 1. The number of rotatable bonds is 4. The Bertz CT molecular complexity index is 252. The molecule has 0 saturated heterocycles. The van der Waals surface area contributed by atoms with E-state index in [2.05, 4.69) is 33.0 Å². The molecule has 1 saturated carbocycles. The summed E-state index contributed by atoms with van der Waals surface area (Å²) in [5.74, 6) is -0.888. The Balaban J connectivity index is 2.33. The van der Waals surface area contributed by atoms with E-state index < -0.39 is 5.97 Å². The first kappa shape index (κ1) is 11.2. The van der Waals surface area contributed by atoms with Crippen LogP contribution in [0.2, 0.25) is 0 Å². The van der Waals surface area contributed by atoms with Gasteiger partial charge < -0.3 is 10.4 Å². The van der Waals surface area contributed by atoms with Crippen molar-refractivity contribution in [3.8, 4) is 0 Å². The number of hydrogen-bond acceptors (Lipinski definition) is 2. The van der Waals surface area contributed by atoms with Crippen LogP contribution in [0.25, 0.3) is 0 Å². The molecule has 1 fully saturated rings. The molecular weight excluding hydrogens is 178 g/mol. The van der Waals surface area contributed by atoms with Gasteiger partial charge in [0, 0.05) is 18.7 Å². The van der Waals surface area contributed by atoms with Crippen molar-refractivity contribution >= 4 is 5.97 Å². The summed E-state index contributed by atoms with van der Waals surface area (Å²) in [5.41, 5.74) is 0.619. The first-order chi connectivity index (χ1) is 6.30. The van der Waals surface area contributed by atoms with Crippen molar-refractivity contribution in [3.63, 3.8) is 0 Å². The molecule has 0 spiro atoms. The Morgan fingerprint density at radius 3 is 2.21 bits per heavy atom. The van der Waals surface area contributed by atoms with E-state index in [4.69, 9.17) is 5.11 Å². The van der Waals surface area contributed by atoms with Crippen LogP contribution in [0, 0.1) is 10.8 Å². The van der Waals surface area contributed by atoms with Gasteiger partial charge in [-0.1, -0.05) is 33.8 Å². The Kier molecular flexibility index (Phi) is 2.72. The number of carbonyl (C=O) groups is 1. The Morgan fingerprint density at radius 1 is 1.36 bits per heavy atom. The van der Waals surface area contributed by atoms with Gasteiger partial charge in [0.2, 0.25) is 0 Å².